The SMILES string of the molecule is C=CN(C)c1cccc(C2COCC(C)C2)c1. The average Bonchev–Trinajstić information content (AvgIpc) is 2.38. The summed E-state index contributed by atoms with van der Waals surface area (Å²) >= 11 is 0. The number of nitrogens with zero attached hydrogens (tertiary/aromatic N) is 1. The van der Waals surface area contributed by atoms with Crippen LogP contribution in [0.15, 0.2) is 37.0 Å². The van der Waals surface area contributed by atoms with Gasteiger partial charge in [-0.05, 0) is 36.2 Å². The molecule has 2 heteroatoms. The Morgan fingerprint density at radius 2 is 2.24 bits per heavy atom. The summed E-state index contributed by atoms with van der Waals surface area (Å²) in [6.07, 6.45) is 3.06. The van der Waals surface area contributed by atoms with Gasteiger partial charge in [0.15, 0.2) is 0 Å². The molecule has 0 aliphatic carbocycles. The fourth-order valence-corrected chi connectivity index (χ4v) is 2.37. The van der Waals surface area contributed by atoms with E-state index >= 15 is 0 Å². The van der Waals surface area contributed by atoms with Gasteiger partial charge in [0.1, 0.15) is 0 Å². The predicted molar refractivity (Wildman–Crippen MR) is 72.4 cm³/mol. The molecule has 0 spiro atoms. The van der Waals surface area contributed by atoms with Crippen LogP contribution in [0.2, 0.25) is 0 Å². The molecular weight excluding hydrogens is 210 g/mol. The molecule has 1 aromatic carbocycles. The Kier molecular flexibility index (Phi) is 3.85. The zero-order chi connectivity index (χ0) is 12.3. The monoisotopic (exact) mass is 231 g/mol. The topological polar surface area (TPSA) is 12.5 Å². The summed E-state index contributed by atoms with van der Waals surface area (Å²) in [7, 11) is 2.02. The van der Waals surface area contributed by atoms with Crippen molar-refractivity contribution in [2.75, 3.05) is 25.2 Å². The van der Waals surface area contributed by atoms with Crippen molar-refractivity contribution < 1.29 is 4.74 Å². The quantitative estimate of drug-likeness (QED) is 0.790. The van der Waals surface area contributed by atoms with Gasteiger partial charge in [0, 0.05) is 25.3 Å². The lowest BCUT2D eigenvalue weighted by Gasteiger charge is -2.28. The Labute approximate surface area is 104 Å². The van der Waals surface area contributed by atoms with E-state index in [1.54, 1.807) is 0 Å². The molecule has 1 aliphatic rings. The van der Waals surface area contributed by atoms with Crippen molar-refractivity contribution >= 4 is 5.69 Å². The zero-order valence-corrected chi connectivity index (χ0v) is 10.7. The summed E-state index contributed by atoms with van der Waals surface area (Å²) < 4.78 is 5.64. The average molecular weight is 231 g/mol. The molecule has 92 valence electrons. The third-order valence-corrected chi connectivity index (χ3v) is 3.43. The second-order valence-electron chi connectivity index (χ2n) is 4.96. The molecule has 2 nitrogen and oxygen atoms in total. The smallest absolute Gasteiger partial charge is 0.0534 e. The van der Waals surface area contributed by atoms with Gasteiger partial charge in [0.25, 0.3) is 0 Å². The van der Waals surface area contributed by atoms with Crippen LogP contribution in [-0.2, 0) is 4.74 Å². The summed E-state index contributed by atoms with van der Waals surface area (Å²) in [6.45, 7) is 7.81. The maximum atomic E-state index is 5.64. The first-order valence-electron chi connectivity index (χ1n) is 6.24. The molecule has 1 fully saturated rings. The minimum absolute atomic E-state index is 0.539. The molecule has 1 saturated heterocycles. The molecule has 0 amide bonds. The third kappa shape index (κ3) is 2.89. The molecule has 2 rings (SSSR count). The molecule has 2 unspecified atom stereocenters. The van der Waals surface area contributed by atoms with Gasteiger partial charge in [-0.25, -0.2) is 0 Å². The minimum Gasteiger partial charge on any atom is -0.381 e. The summed E-state index contributed by atoms with van der Waals surface area (Å²) in [6, 6.07) is 8.67. The molecule has 0 saturated carbocycles. The highest BCUT2D eigenvalue weighted by Gasteiger charge is 2.21. The van der Waals surface area contributed by atoms with Crippen LogP contribution in [0, 0.1) is 5.92 Å². The molecular formula is C15H21NO. The van der Waals surface area contributed by atoms with Crippen molar-refractivity contribution in [1.82, 2.24) is 0 Å². The van der Waals surface area contributed by atoms with Gasteiger partial charge < -0.3 is 9.64 Å². The van der Waals surface area contributed by atoms with Crippen molar-refractivity contribution in [2.45, 2.75) is 19.3 Å². The van der Waals surface area contributed by atoms with E-state index in [4.69, 9.17) is 4.74 Å². The maximum absolute atomic E-state index is 5.64. The Hall–Kier alpha value is -1.28. The van der Waals surface area contributed by atoms with E-state index < -0.39 is 0 Å². The number of benzene rings is 1. The van der Waals surface area contributed by atoms with Crippen LogP contribution in [0.5, 0.6) is 0 Å². The summed E-state index contributed by atoms with van der Waals surface area (Å²) in [5.41, 5.74) is 2.57. The fraction of sp³-hybridized carbons (Fsp3) is 0.467. The van der Waals surface area contributed by atoms with Crippen molar-refractivity contribution in [3.8, 4) is 0 Å². The molecule has 0 bridgehead atoms. The molecule has 1 aliphatic heterocycles. The van der Waals surface area contributed by atoms with Crippen LogP contribution >= 0.6 is 0 Å². The third-order valence-electron chi connectivity index (χ3n) is 3.43. The summed E-state index contributed by atoms with van der Waals surface area (Å²) in [5.74, 6) is 1.20. The largest absolute Gasteiger partial charge is 0.381 e. The zero-order valence-electron chi connectivity index (χ0n) is 10.7. The van der Waals surface area contributed by atoms with Gasteiger partial charge in [-0.2, -0.15) is 0 Å². The number of hydrogen-bond acceptors (Lipinski definition) is 2. The van der Waals surface area contributed by atoms with Gasteiger partial charge in [-0.15, -0.1) is 0 Å². The first kappa shape index (κ1) is 12.2. The first-order chi connectivity index (χ1) is 8.20. The Morgan fingerprint density at radius 3 is 2.94 bits per heavy atom. The summed E-state index contributed by atoms with van der Waals surface area (Å²) in [5, 5.41) is 0. The van der Waals surface area contributed by atoms with E-state index in [2.05, 4.69) is 37.8 Å². The van der Waals surface area contributed by atoms with Gasteiger partial charge in [-0.3, -0.25) is 0 Å². The van der Waals surface area contributed by atoms with Crippen LogP contribution in [0.1, 0.15) is 24.8 Å². The van der Waals surface area contributed by atoms with Crippen LogP contribution in [0.3, 0.4) is 0 Å². The van der Waals surface area contributed by atoms with Gasteiger partial charge in [-0.1, -0.05) is 25.6 Å². The molecule has 0 radical (unpaired) electrons. The lowest BCUT2D eigenvalue weighted by atomic mass is 9.88. The fourth-order valence-electron chi connectivity index (χ4n) is 2.37. The lowest BCUT2D eigenvalue weighted by Crippen LogP contribution is -2.22. The molecule has 0 N–H and O–H groups in total. The first-order valence-corrected chi connectivity index (χ1v) is 6.24. The molecule has 1 aromatic rings. The van der Waals surface area contributed by atoms with E-state index in [-0.39, 0.29) is 0 Å². The Bertz CT molecular complexity index is 388. The molecule has 1 heterocycles. The molecule has 17 heavy (non-hydrogen) atoms. The van der Waals surface area contributed by atoms with Crippen molar-refractivity contribution in [1.29, 1.82) is 0 Å². The highest BCUT2D eigenvalue weighted by molar-refractivity contribution is 5.50. The standard InChI is InChI=1S/C15H21NO/c1-4-16(3)15-7-5-6-13(9-15)14-8-12(2)10-17-11-14/h4-7,9,12,14H,1,8,10-11H2,2-3H3. The number of anilines is 1. The molecule has 2 atom stereocenters. The lowest BCUT2D eigenvalue weighted by molar-refractivity contribution is 0.0457. The van der Waals surface area contributed by atoms with Gasteiger partial charge in [0.05, 0.1) is 6.61 Å². The van der Waals surface area contributed by atoms with Crippen LogP contribution in [-0.4, -0.2) is 20.3 Å². The van der Waals surface area contributed by atoms with Crippen LogP contribution < -0.4 is 4.90 Å². The predicted octanol–water partition coefficient (Wildman–Crippen LogP) is 3.41. The second-order valence-corrected chi connectivity index (χ2v) is 4.96. The summed E-state index contributed by atoms with van der Waals surface area (Å²) in [4.78, 5) is 2.04. The second kappa shape index (κ2) is 5.37. The number of hydrogen-bond donors (Lipinski definition) is 0. The highest BCUT2D eigenvalue weighted by Crippen LogP contribution is 2.30. The normalized spacial score (nSPS) is 24.4. The van der Waals surface area contributed by atoms with E-state index in [1.807, 2.05) is 18.1 Å². The van der Waals surface area contributed by atoms with Crippen molar-refractivity contribution in [3.63, 3.8) is 0 Å². The Morgan fingerprint density at radius 1 is 1.41 bits per heavy atom. The highest BCUT2D eigenvalue weighted by atomic mass is 16.5. The van der Waals surface area contributed by atoms with Gasteiger partial charge in [0.2, 0.25) is 0 Å². The van der Waals surface area contributed by atoms with E-state index in [9.17, 15) is 0 Å². The minimum atomic E-state index is 0.539. The van der Waals surface area contributed by atoms with Crippen molar-refractivity contribution in [2.24, 2.45) is 5.92 Å². The van der Waals surface area contributed by atoms with Crippen LogP contribution in [0.25, 0.3) is 0 Å². The van der Waals surface area contributed by atoms with Gasteiger partial charge >= 0.3 is 0 Å². The van der Waals surface area contributed by atoms with Crippen molar-refractivity contribution in [3.05, 3.63) is 42.6 Å². The van der Waals surface area contributed by atoms with E-state index in [0.29, 0.717) is 11.8 Å². The number of ether oxygens (including phenoxy) is 1. The maximum Gasteiger partial charge on any atom is 0.0534 e. The Balaban J connectivity index is 2.17. The number of rotatable bonds is 3. The van der Waals surface area contributed by atoms with E-state index in [0.717, 1.165) is 13.2 Å². The van der Waals surface area contributed by atoms with E-state index in [1.165, 1.54) is 17.7 Å². The van der Waals surface area contributed by atoms with Crippen LogP contribution in [0.4, 0.5) is 5.69 Å². The molecule has 0 aromatic heterocycles.